The molecule has 0 fully saturated rings. The lowest BCUT2D eigenvalue weighted by atomic mass is 10.0. The van der Waals surface area contributed by atoms with Crippen molar-refractivity contribution in [3.8, 4) is 22.8 Å². The van der Waals surface area contributed by atoms with E-state index in [1.165, 1.54) is 23.9 Å². The highest BCUT2D eigenvalue weighted by Crippen LogP contribution is 2.37. The number of methoxy groups -OCH3 is 1. The molecule has 15 heteroatoms. The van der Waals surface area contributed by atoms with E-state index in [0.29, 0.717) is 47.2 Å². The van der Waals surface area contributed by atoms with Crippen molar-refractivity contribution >= 4 is 35.2 Å². The van der Waals surface area contributed by atoms with Gasteiger partial charge in [0.25, 0.3) is 0 Å². The molecule has 45 heavy (non-hydrogen) atoms. The largest absolute Gasteiger partial charge is 0.499 e. The van der Waals surface area contributed by atoms with Crippen molar-refractivity contribution < 1.29 is 31.4 Å². The van der Waals surface area contributed by atoms with Gasteiger partial charge in [-0.25, -0.2) is 0 Å². The van der Waals surface area contributed by atoms with Crippen molar-refractivity contribution in [1.29, 1.82) is 0 Å². The Morgan fingerprint density at radius 1 is 1.00 bits per heavy atom. The van der Waals surface area contributed by atoms with Crippen molar-refractivity contribution in [2.24, 2.45) is 5.10 Å². The second kappa shape index (κ2) is 14.4. The maximum Gasteiger partial charge on any atom is 0.499 e. The van der Waals surface area contributed by atoms with Crippen LogP contribution in [0.2, 0.25) is 0 Å². The Morgan fingerprint density at radius 2 is 1.69 bits per heavy atom. The first-order valence-corrected chi connectivity index (χ1v) is 14.0. The van der Waals surface area contributed by atoms with Crippen LogP contribution in [0.4, 0.5) is 33.6 Å². The van der Waals surface area contributed by atoms with E-state index >= 15 is 0 Å². The van der Waals surface area contributed by atoms with Gasteiger partial charge in [0.15, 0.2) is 10.9 Å². The molecule has 0 aliphatic rings. The molecule has 0 aliphatic carbocycles. The van der Waals surface area contributed by atoms with Gasteiger partial charge in [0.1, 0.15) is 5.75 Å². The van der Waals surface area contributed by atoms with Gasteiger partial charge in [-0.05, 0) is 59.6 Å². The number of halogens is 5. The van der Waals surface area contributed by atoms with E-state index in [1.807, 2.05) is 24.3 Å². The zero-order valence-electron chi connectivity index (χ0n) is 24.4. The standard InChI is InChI=1S/C30H30F5N7O2S/c1-19(2)24-6-4-5-7-25(24)38-28(45)40-37-18-20-8-10-21(11-9-20)26-39-27(36-16-17-43-3)42(41-26)22-12-14-23(15-13-22)44-30(34,35)29(31,32)33/h4-15,18-19H,16-17H2,1-3H3,(H,36,39,41)(H2,38,40,45)/b37-18+. The van der Waals surface area contributed by atoms with Crippen LogP contribution in [-0.2, 0) is 4.74 Å². The van der Waals surface area contributed by atoms with Gasteiger partial charge in [-0.15, -0.1) is 5.10 Å². The first kappa shape index (κ1) is 33.3. The van der Waals surface area contributed by atoms with Crippen molar-refractivity contribution in [3.05, 3.63) is 83.9 Å². The maximum absolute atomic E-state index is 13.3. The lowest BCUT2D eigenvalue weighted by Crippen LogP contribution is -2.41. The van der Waals surface area contributed by atoms with Crippen molar-refractivity contribution in [3.63, 3.8) is 0 Å². The normalized spacial score (nSPS) is 12.0. The van der Waals surface area contributed by atoms with Gasteiger partial charge in [0.2, 0.25) is 5.95 Å². The fourth-order valence-corrected chi connectivity index (χ4v) is 4.17. The number of alkyl halides is 5. The average Bonchev–Trinajstić information content (AvgIpc) is 3.41. The Morgan fingerprint density at radius 3 is 2.33 bits per heavy atom. The molecule has 0 spiro atoms. The van der Waals surface area contributed by atoms with E-state index in [2.05, 4.69) is 49.8 Å². The summed E-state index contributed by atoms with van der Waals surface area (Å²) in [6.45, 7) is 4.92. The summed E-state index contributed by atoms with van der Waals surface area (Å²) >= 11 is 5.37. The maximum atomic E-state index is 13.3. The highest BCUT2D eigenvalue weighted by atomic mass is 32.1. The highest BCUT2D eigenvalue weighted by Gasteiger charge is 2.61. The molecular weight excluding hydrogens is 617 g/mol. The smallest absolute Gasteiger partial charge is 0.426 e. The van der Waals surface area contributed by atoms with Crippen LogP contribution in [0, 0.1) is 0 Å². The van der Waals surface area contributed by atoms with Crippen LogP contribution in [0.1, 0.15) is 30.9 Å². The van der Waals surface area contributed by atoms with Crippen molar-refractivity contribution in [2.45, 2.75) is 32.1 Å². The molecule has 0 bridgehead atoms. The van der Waals surface area contributed by atoms with Crippen LogP contribution in [0.5, 0.6) is 5.75 Å². The molecule has 238 valence electrons. The molecule has 0 radical (unpaired) electrons. The molecule has 0 aliphatic heterocycles. The van der Waals surface area contributed by atoms with Gasteiger partial charge in [0.05, 0.1) is 18.5 Å². The zero-order chi connectivity index (χ0) is 32.6. The number of nitrogens with one attached hydrogen (secondary N) is 3. The number of hydrogen-bond donors (Lipinski definition) is 3. The number of benzene rings is 3. The van der Waals surface area contributed by atoms with Gasteiger partial charge in [-0.1, -0.05) is 56.3 Å². The zero-order valence-corrected chi connectivity index (χ0v) is 25.2. The summed E-state index contributed by atoms with van der Waals surface area (Å²) in [5.74, 6) is 0.277. The Balaban J connectivity index is 1.46. The first-order chi connectivity index (χ1) is 21.4. The lowest BCUT2D eigenvalue weighted by molar-refractivity contribution is -0.360. The Kier molecular flexibility index (Phi) is 10.7. The number of para-hydroxylation sites is 1. The summed E-state index contributed by atoms with van der Waals surface area (Å²) in [5, 5.41) is 15.3. The van der Waals surface area contributed by atoms with Crippen molar-refractivity contribution in [2.75, 3.05) is 30.9 Å². The third-order valence-corrected chi connectivity index (χ3v) is 6.43. The molecule has 3 N–H and O–H groups in total. The molecule has 0 saturated heterocycles. The molecule has 0 unspecified atom stereocenters. The monoisotopic (exact) mass is 647 g/mol. The van der Waals surface area contributed by atoms with E-state index in [0.717, 1.165) is 28.9 Å². The Labute approximate surface area is 261 Å². The summed E-state index contributed by atoms with van der Waals surface area (Å²) < 4.78 is 74.5. The molecular formula is C30H30F5N7O2S. The van der Waals surface area contributed by atoms with E-state index in [-0.39, 0.29) is 0 Å². The summed E-state index contributed by atoms with van der Waals surface area (Å²) in [5.41, 5.74) is 6.60. The SMILES string of the molecule is COCCNc1nc(-c2ccc(/C=N/NC(=S)Nc3ccccc3C(C)C)cc2)nn1-c1ccc(OC(F)(F)C(F)(F)F)cc1. The molecule has 0 amide bonds. The average molecular weight is 648 g/mol. The predicted octanol–water partition coefficient (Wildman–Crippen LogP) is 6.97. The molecule has 1 aromatic heterocycles. The van der Waals surface area contributed by atoms with E-state index in [1.54, 1.807) is 30.5 Å². The molecule has 4 rings (SSSR count). The topological polar surface area (TPSA) is 97.6 Å². The predicted molar refractivity (Wildman–Crippen MR) is 166 cm³/mol. The highest BCUT2D eigenvalue weighted by molar-refractivity contribution is 7.80. The van der Waals surface area contributed by atoms with Gasteiger partial charge in [-0.2, -0.15) is 36.7 Å². The van der Waals surface area contributed by atoms with Gasteiger partial charge in [-0.3, -0.25) is 5.43 Å². The molecule has 3 aromatic carbocycles. The molecule has 0 saturated carbocycles. The second-order valence-electron chi connectivity index (χ2n) is 9.89. The van der Waals surface area contributed by atoms with Gasteiger partial charge < -0.3 is 20.1 Å². The lowest BCUT2D eigenvalue weighted by Gasteiger charge is -2.20. The third kappa shape index (κ3) is 8.73. The summed E-state index contributed by atoms with van der Waals surface area (Å²) in [4.78, 5) is 4.53. The van der Waals surface area contributed by atoms with Crippen LogP contribution < -0.4 is 20.8 Å². The number of hydrazone groups is 1. The van der Waals surface area contributed by atoms with Crippen LogP contribution in [0.15, 0.2) is 77.9 Å². The van der Waals surface area contributed by atoms with E-state index in [9.17, 15) is 22.0 Å². The summed E-state index contributed by atoms with van der Waals surface area (Å²) in [6, 6.07) is 19.6. The van der Waals surface area contributed by atoms with Crippen LogP contribution >= 0.6 is 12.2 Å². The van der Waals surface area contributed by atoms with E-state index in [4.69, 9.17) is 17.0 Å². The Hall–Kier alpha value is -4.63. The molecule has 0 atom stereocenters. The minimum Gasteiger partial charge on any atom is -0.426 e. The minimum atomic E-state index is -5.85. The number of nitrogens with zero attached hydrogens (tertiary/aromatic N) is 4. The summed E-state index contributed by atoms with van der Waals surface area (Å²) in [6.07, 6.45) is -9.59. The van der Waals surface area contributed by atoms with Crippen LogP contribution in [0.3, 0.4) is 0 Å². The van der Waals surface area contributed by atoms with Crippen LogP contribution in [0.25, 0.3) is 17.1 Å². The minimum absolute atomic E-state index is 0.297. The van der Waals surface area contributed by atoms with Crippen LogP contribution in [-0.4, -0.2) is 58.6 Å². The number of ether oxygens (including phenoxy) is 2. The Bertz CT molecular complexity index is 1610. The fraction of sp³-hybridized carbons (Fsp3) is 0.267. The molecule has 1 heterocycles. The first-order valence-electron chi connectivity index (χ1n) is 13.6. The summed E-state index contributed by atoms with van der Waals surface area (Å²) in [7, 11) is 1.53. The number of aromatic nitrogens is 3. The van der Waals surface area contributed by atoms with Gasteiger partial charge >= 0.3 is 12.3 Å². The molecule has 9 nitrogen and oxygen atoms in total. The fourth-order valence-electron chi connectivity index (χ4n) is 4.00. The number of rotatable bonds is 12. The molecule has 4 aromatic rings. The van der Waals surface area contributed by atoms with Crippen molar-refractivity contribution in [1.82, 2.24) is 20.2 Å². The quantitative estimate of drug-likeness (QED) is 0.0499. The van der Waals surface area contributed by atoms with E-state index < -0.39 is 18.0 Å². The number of thiocarbonyl (C=S) groups is 1. The number of hydrogen-bond acceptors (Lipinski definition) is 7. The van der Waals surface area contributed by atoms with Gasteiger partial charge in [0, 0.05) is 24.9 Å². The third-order valence-electron chi connectivity index (χ3n) is 6.23. The second-order valence-corrected chi connectivity index (χ2v) is 10.3. The number of anilines is 2.